The number of phenolic OH excluding ortho intramolecular Hbond substituents is 2. The number of amides is 2. The molecule has 6 aliphatic heterocycles. The average Bonchev–Trinajstić information content (AvgIpc) is 3.71. The number of esters is 1. The van der Waals surface area contributed by atoms with Crippen LogP contribution in [-0.4, -0.2) is 134 Å². The van der Waals surface area contributed by atoms with Gasteiger partial charge in [0.05, 0.1) is 34.8 Å². The van der Waals surface area contributed by atoms with Gasteiger partial charge in [-0.05, 0) is 57.1 Å². The van der Waals surface area contributed by atoms with Gasteiger partial charge in [-0.2, -0.15) is 0 Å². The SMILES string of the molecule is C/C1=C/C=C/C(C)[C@H](O)CC(O)C[C@H](OC(=O)CC(=O)N2CCCN(Cc3ccccc3)CC2)CC/C=C/O[C@@]2(C)Oc3c(C)c(O)c4c(O)c(c5c(c4c3C2=O)=NC2(CCN(CC(C)C)CC2)N=5)NC1=O. The van der Waals surface area contributed by atoms with Crippen LogP contribution < -0.4 is 20.8 Å². The molecule has 2 saturated heterocycles. The standard InChI is InChI=1S/C55H70N6O11/c1-33(2)31-60-23-19-55(20-24-60)57-46-43-44-49(66)36(5)51-45(43)52(68)54(6,72-51)70-27-11-10-18-39(71-42(65)30-41(64)61-22-13-21-59(25-26-61)32-37-16-8-7-9-17-37)28-38(62)29-40(63)34(3)14-12-15-35(4)53(69)56-48(50(44)67)47(46)58-55/h7-9,11-12,14-17,27,33-34,38-40,62-63,66-67H,10,13,18-26,28-32H2,1-6H3,(H,56,69)/b14-12+,27-11+,35-15-/t34?,38?,39-,40-,54+/m1/s1. The van der Waals surface area contributed by atoms with E-state index in [0.29, 0.717) is 51.5 Å². The zero-order valence-corrected chi connectivity index (χ0v) is 42.4. The van der Waals surface area contributed by atoms with E-state index in [4.69, 9.17) is 24.2 Å². The lowest BCUT2D eigenvalue weighted by Crippen LogP contribution is -2.43. The number of benzene rings is 3. The molecular formula is C55H70N6O11. The van der Waals surface area contributed by atoms with Gasteiger partial charge in [-0.15, -0.1) is 0 Å². The smallest absolute Gasteiger partial charge is 0.315 e. The van der Waals surface area contributed by atoms with E-state index in [1.807, 2.05) is 18.2 Å². The van der Waals surface area contributed by atoms with Crippen LogP contribution in [0.25, 0.3) is 10.8 Å². The number of carbonyl (C=O) groups is 4. The number of piperidine rings is 1. The van der Waals surface area contributed by atoms with Crippen LogP contribution in [0.4, 0.5) is 5.69 Å². The molecule has 17 heteroatoms. The van der Waals surface area contributed by atoms with Gasteiger partial charge in [-0.3, -0.25) is 34.1 Å². The van der Waals surface area contributed by atoms with Gasteiger partial charge in [0.2, 0.25) is 5.91 Å². The predicted molar refractivity (Wildman–Crippen MR) is 270 cm³/mol. The quantitative estimate of drug-likeness (QED) is 0.112. The van der Waals surface area contributed by atoms with Crippen molar-refractivity contribution in [2.75, 3.05) is 51.1 Å². The minimum Gasteiger partial charge on any atom is -0.507 e. The van der Waals surface area contributed by atoms with Crippen LogP contribution in [-0.2, 0) is 30.4 Å². The summed E-state index contributed by atoms with van der Waals surface area (Å²) in [5.74, 6) is -5.01. The first-order valence-corrected chi connectivity index (χ1v) is 25.4. The highest BCUT2D eigenvalue weighted by Gasteiger charge is 2.50. The molecule has 0 aliphatic carbocycles. The summed E-state index contributed by atoms with van der Waals surface area (Å²) in [6, 6.07) is 10.1. The minimum absolute atomic E-state index is 0.0304. The molecule has 2 fully saturated rings. The minimum atomic E-state index is -1.93. The molecule has 6 aliphatic rings. The van der Waals surface area contributed by atoms with Crippen LogP contribution in [0, 0.1) is 18.8 Å². The summed E-state index contributed by atoms with van der Waals surface area (Å²) in [5.41, 5.74) is 0.614. The van der Waals surface area contributed by atoms with E-state index >= 15 is 0 Å². The summed E-state index contributed by atoms with van der Waals surface area (Å²) >= 11 is 0. The van der Waals surface area contributed by atoms with Crippen molar-refractivity contribution < 1.29 is 53.8 Å². The molecule has 9 rings (SSSR count). The van der Waals surface area contributed by atoms with Crippen LogP contribution in [0.5, 0.6) is 17.2 Å². The number of aromatic hydroxyl groups is 2. The van der Waals surface area contributed by atoms with E-state index in [0.717, 1.165) is 26.1 Å². The zero-order valence-electron chi connectivity index (χ0n) is 42.4. The third-order valence-corrected chi connectivity index (χ3v) is 14.5. The summed E-state index contributed by atoms with van der Waals surface area (Å²) in [5, 5.41) is 49.8. The zero-order chi connectivity index (χ0) is 51.5. The van der Waals surface area contributed by atoms with Gasteiger partial charge in [0.1, 0.15) is 35.1 Å². The number of allylic oxidation sites excluding steroid dienone is 3. The Balaban J connectivity index is 1.06. The Kier molecular flexibility index (Phi) is 15.9. The van der Waals surface area contributed by atoms with E-state index in [9.17, 15) is 39.6 Å². The van der Waals surface area contributed by atoms with E-state index in [1.165, 1.54) is 18.7 Å². The van der Waals surface area contributed by atoms with Crippen molar-refractivity contribution in [2.24, 2.45) is 21.8 Å². The summed E-state index contributed by atoms with van der Waals surface area (Å²) < 4.78 is 18.3. The van der Waals surface area contributed by atoms with E-state index in [1.54, 1.807) is 50.0 Å². The van der Waals surface area contributed by atoms with E-state index in [2.05, 4.69) is 41.1 Å². The van der Waals surface area contributed by atoms with Crippen LogP contribution >= 0.6 is 0 Å². The summed E-state index contributed by atoms with van der Waals surface area (Å²) in [6.07, 6.45) is 6.58. The first-order valence-electron chi connectivity index (χ1n) is 25.4. The Hall–Kier alpha value is -6.14. The maximum atomic E-state index is 14.7. The van der Waals surface area contributed by atoms with Crippen molar-refractivity contribution in [3.05, 3.63) is 93.9 Å². The largest absolute Gasteiger partial charge is 0.507 e. The maximum absolute atomic E-state index is 14.7. The highest BCUT2D eigenvalue weighted by Crippen LogP contribution is 2.50. The number of hydrogen-bond donors (Lipinski definition) is 5. The first kappa shape index (κ1) is 52.2. The first-order chi connectivity index (χ1) is 34.3. The van der Waals surface area contributed by atoms with Crippen LogP contribution in [0.1, 0.15) is 107 Å². The Bertz CT molecular complexity index is 2780. The van der Waals surface area contributed by atoms with Crippen molar-refractivity contribution in [2.45, 2.75) is 129 Å². The maximum Gasteiger partial charge on any atom is 0.315 e. The monoisotopic (exact) mass is 991 g/mol. The molecule has 5 N–H and O–H groups in total. The molecule has 0 saturated carbocycles. The van der Waals surface area contributed by atoms with E-state index < -0.39 is 65.5 Å². The average molecular weight is 991 g/mol. The Labute approximate surface area is 420 Å². The molecule has 5 bridgehead atoms. The molecule has 0 radical (unpaired) electrons. The molecule has 17 nitrogen and oxygen atoms in total. The van der Waals surface area contributed by atoms with Gasteiger partial charge >= 0.3 is 11.8 Å². The molecule has 3 aromatic carbocycles. The fourth-order valence-corrected chi connectivity index (χ4v) is 10.4. The Morgan fingerprint density at radius 3 is 2.40 bits per heavy atom. The summed E-state index contributed by atoms with van der Waals surface area (Å²) in [4.78, 5) is 72.3. The van der Waals surface area contributed by atoms with Gasteiger partial charge in [-0.25, -0.2) is 0 Å². The van der Waals surface area contributed by atoms with Crippen molar-refractivity contribution >= 4 is 40.0 Å². The van der Waals surface area contributed by atoms with Gasteiger partial charge in [0.15, 0.2) is 11.4 Å². The Morgan fingerprint density at radius 2 is 1.67 bits per heavy atom. The molecule has 6 heterocycles. The molecular weight excluding hydrogens is 921 g/mol. The van der Waals surface area contributed by atoms with Crippen molar-refractivity contribution in [1.82, 2.24) is 14.7 Å². The van der Waals surface area contributed by atoms with E-state index in [-0.39, 0.29) is 87.0 Å². The third-order valence-electron chi connectivity index (χ3n) is 14.5. The highest BCUT2D eigenvalue weighted by molar-refractivity contribution is 6.19. The van der Waals surface area contributed by atoms with Crippen molar-refractivity contribution in [3.8, 4) is 17.2 Å². The molecule has 386 valence electrons. The topological polar surface area (TPSA) is 223 Å². The molecule has 5 atom stereocenters. The van der Waals surface area contributed by atoms with Crippen molar-refractivity contribution in [1.29, 1.82) is 0 Å². The predicted octanol–water partition coefficient (Wildman–Crippen LogP) is 5.49. The van der Waals surface area contributed by atoms with Gasteiger partial charge in [0.25, 0.3) is 11.7 Å². The number of likely N-dealkylation sites (tertiary alicyclic amines) is 1. The third kappa shape index (κ3) is 11.4. The van der Waals surface area contributed by atoms with Crippen LogP contribution in [0.2, 0.25) is 0 Å². The molecule has 72 heavy (non-hydrogen) atoms. The summed E-state index contributed by atoms with van der Waals surface area (Å²) in [6.45, 7) is 16.2. The number of ether oxygens (including phenoxy) is 3. The number of hydrogen-bond acceptors (Lipinski definition) is 15. The second-order valence-electron chi connectivity index (χ2n) is 20.7. The second kappa shape index (κ2) is 21.9. The van der Waals surface area contributed by atoms with Gasteiger partial charge in [0, 0.05) is 101 Å². The lowest BCUT2D eigenvalue weighted by Gasteiger charge is -2.36. The molecule has 2 unspecified atom stereocenters. The van der Waals surface area contributed by atoms with Crippen LogP contribution in [0.3, 0.4) is 0 Å². The summed E-state index contributed by atoms with van der Waals surface area (Å²) in [7, 11) is 0. The number of carbonyl (C=O) groups excluding carboxylic acids is 4. The van der Waals surface area contributed by atoms with Gasteiger partial charge in [-0.1, -0.05) is 69.3 Å². The Morgan fingerprint density at radius 1 is 0.931 bits per heavy atom. The number of aliphatic hydroxyl groups excluding tert-OH is 2. The number of anilines is 1. The van der Waals surface area contributed by atoms with Crippen LogP contribution in [0.15, 0.2) is 76.5 Å². The van der Waals surface area contributed by atoms with Crippen molar-refractivity contribution in [3.63, 3.8) is 0 Å². The number of aliphatic hydroxyl groups is 2. The molecule has 1 spiro atoms. The fraction of sp³-hybridized carbons (Fsp3) is 0.527. The number of Topliss-reactive ketones (excluding diaryl/α,β-unsaturated/α-hetero) is 1. The number of rotatable bonds is 7. The molecule has 2 amide bonds. The normalized spacial score (nSPS) is 27.0. The number of ketones is 1. The number of phenols is 2. The fourth-order valence-electron chi connectivity index (χ4n) is 10.4. The number of fused-ring (bicyclic) bond motifs is 13. The molecule has 3 aromatic rings. The highest BCUT2D eigenvalue weighted by atomic mass is 16.7. The number of nitrogens with one attached hydrogen (secondary N) is 1. The lowest BCUT2D eigenvalue weighted by atomic mass is 9.93. The number of nitrogens with zero attached hydrogens (tertiary/aromatic N) is 5. The second-order valence-corrected chi connectivity index (χ2v) is 20.7. The lowest BCUT2D eigenvalue weighted by molar-refractivity contribution is -0.154. The van der Waals surface area contributed by atoms with Gasteiger partial charge < -0.3 is 49.8 Å². The molecule has 0 aromatic heterocycles.